The van der Waals surface area contributed by atoms with Crippen molar-refractivity contribution < 1.29 is 28.9 Å². The van der Waals surface area contributed by atoms with E-state index in [9.17, 15) is 14.3 Å². The van der Waals surface area contributed by atoms with E-state index in [1.807, 2.05) is 13.8 Å². The number of alkyl halides is 1. The van der Waals surface area contributed by atoms with Crippen LogP contribution in [0.15, 0.2) is 60.7 Å². The Balaban J connectivity index is 1.55. The highest BCUT2D eigenvalue weighted by Crippen LogP contribution is 2.35. The summed E-state index contributed by atoms with van der Waals surface area (Å²) in [6.07, 6.45) is -0.314. The number of aromatic carboxylic acids is 1. The second-order valence-electron chi connectivity index (χ2n) is 9.42. The highest BCUT2D eigenvalue weighted by atomic mass is 35.5. The van der Waals surface area contributed by atoms with Crippen LogP contribution >= 0.6 is 23.2 Å². The molecule has 0 saturated carbocycles. The first-order valence-electron chi connectivity index (χ1n) is 11.7. The summed E-state index contributed by atoms with van der Waals surface area (Å²) in [7, 11) is 0. The number of rotatable bonds is 12. The molecule has 6 nitrogen and oxygen atoms in total. The van der Waals surface area contributed by atoms with Crippen LogP contribution in [0, 0.1) is 12.7 Å². The molecular weight excluding hydrogens is 520 g/mol. The zero-order chi connectivity index (χ0) is 27.2. The maximum absolute atomic E-state index is 13.7. The van der Waals surface area contributed by atoms with Gasteiger partial charge < -0.3 is 25.0 Å². The van der Waals surface area contributed by atoms with Gasteiger partial charge in [0.05, 0.1) is 23.3 Å². The monoisotopic (exact) mass is 549 g/mol. The van der Waals surface area contributed by atoms with Gasteiger partial charge in [-0.3, -0.25) is 0 Å². The number of carboxylic acids is 1. The summed E-state index contributed by atoms with van der Waals surface area (Å²) >= 11 is 12.3. The smallest absolute Gasteiger partial charge is 0.335 e. The Bertz CT molecular complexity index is 1240. The van der Waals surface area contributed by atoms with E-state index in [1.54, 1.807) is 43.3 Å². The third kappa shape index (κ3) is 8.42. The van der Waals surface area contributed by atoms with E-state index in [4.69, 9.17) is 37.8 Å². The zero-order valence-corrected chi connectivity index (χ0v) is 22.3. The lowest BCUT2D eigenvalue weighted by atomic mass is 9.94. The van der Waals surface area contributed by atoms with Gasteiger partial charge in [-0.25, -0.2) is 9.18 Å². The molecule has 0 bridgehead atoms. The van der Waals surface area contributed by atoms with Gasteiger partial charge in [0.25, 0.3) is 0 Å². The quantitative estimate of drug-likeness (QED) is 0.223. The van der Waals surface area contributed by atoms with E-state index >= 15 is 0 Å². The number of halogens is 3. The molecule has 2 atom stereocenters. The van der Waals surface area contributed by atoms with Gasteiger partial charge in [-0.15, -0.1) is 0 Å². The summed E-state index contributed by atoms with van der Waals surface area (Å²) < 4.78 is 25.5. The third-order valence-corrected chi connectivity index (χ3v) is 6.35. The number of para-hydroxylation sites is 1. The number of carboxylic acid groups (broad SMARTS) is 1. The fourth-order valence-corrected chi connectivity index (χ4v) is 4.11. The number of nitrogens with one attached hydrogen (secondary N) is 1. The minimum Gasteiger partial charge on any atom is -0.478 e. The number of hydrogen-bond donors (Lipinski definition) is 3. The van der Waals surface area contributed by atoms with E-state index < -0.39 is 29.0 Å². The minimum absolute atomic E-state index is 0.0342. The normalized spacial score (nSPS) is 13.3. The highest BCUT2D eigenvalue weighted by Gasteiger charge is 2.22. The number of ether oxygens (including phenoxy) is 2. The Morgan fingerprint density at radius 3 is 2.51 bits per heavy atom. The fourth-order valence-electron chi connectivity index (χ4n) is 3.74. The molecule has 3 N–H and O–H groups in total. The molecule has 0 aromatic heterocycles. The molecule has 3 aromatic carbocycles. The van der Waals surface area contributed by atoms with Crippen LogP contribution in [-0.2, 0) is 11.2 Å². The van der Waals surface area contributed by atoms with Gasteiger partial charge in [0.1, 0.15) is 17.3 Å². The molecule has 198 valence electrons. The van der Waals surface area contributed by atoms with E-state index in [0.717, 1.165) is 5.56 Å². The number of benzene rings is 3. The fraction of sp³-hybridized carbons (Fsp3) is 0.321. The number of hydrogen-bond acceptors (Lipinski definition) is 5. The van der Waals surface area contributed by atoms with Gasteiger partial charge in [0.15, 0.2) is 5.56 Å². The summed E-state index contributed by atoms with van der Waals surface area (Å²) in [5.74, 6) is -0.529. The van der Waals surface area contributed by atoms with Gasteiger partial charge in [-0.2, -0.15) is 0 Å². The minimum atomic E-state index is -1.01. The van der Waals surface area contributed by atoms with Crippen molar-refractivity contribution >= 4 is 29.2 Å². The number of carbonyl (C=O) groups is 1. The SMILES string of the molecule is Cc1cc(C(=O)O)ccc1Oc1ccccc1C(Cl)OC[C@H](O)CNC(C)(C)Cc1ccc(Cl)c(F)c1. The van der Waals surface area contributed by atoms with E-state index in [-0.39, 0.29) is 23.7 Å². The van der Waals surface area contributed by atoms with E-state index in [0.29, 0.717) is 29.0 Å². The Kier molecular flexibility index (Phi) is 9.93. The number of aliphatic hydroxyl groups is 1. The summed E-state index contributed by atoms with van der Waals surface area (Å²) in [6.45, 7) is 5.87. The summed E-state index contributed by atoms with van der Waals surface area (Å²) in [6, 6.07) is 16.4. The highest BCUT2D eigenvalue weighted by molar-refractivity contribution is 6.30. The van der Waals surface area contributed by atoms with Crippen LogP contribution in [-0.4, -0.2) is 41.0 Å². The molecule has 3 rings (SSSR count). The average molecular weight is 550 g/mol. The van der Waals surface area contributed by atoms with Crippen molar-refractivity contribution in [3.05, 3.63) is 93.8 Å². The van der Waals surface area contributed by atoms with Gasteiger partial charge >= 0.3 is 5.97 Å². The molecule has 0 amide bonds. The molecule has 0 fully saturated rings. The van der Waals surface area contributed by atoms with Crippen LogP contribution in [0.1, 0.15) is 46.5 Å². The van der Waals surface area contributed by atoms with Gasteiger partial charge in [0.2, 0.25) is 0 Å². The van der Waals surface area contributed by atoms with Crippen molar-refractivity contribution in [1.82, 2.24) is 5.32 Å². The molecule has 0 aliphatic heterocycles. The first kappa shape index (κ1) is 28.9. The molecule has 0 saturated heterocycles. The third-order valence-electron chi connectivity index (χ3n) is 5.69. The van der Waals surface area contributed by atoms with Gasteiger partial charge in [0, 0.05) is 17.6 Å². The number of aliphatic hydroxyl groups excluding tert-OH is 1. The Morgan fingerprint density at radius 1 is 1.11 bits per heavy atom. The second-order valence-corrected chi connectivity index (χ2v) is 10.2. The van der Waals surface area contributed by atoms with Crippen molar-refractivity contribution in [3.8, 4) is 11.5 Å². The number of aryl methyl sites for hydroxylation is 1. The Morgan fingerprint density at radius 2 is 1.84 bits per heavy atom. The van der Waals surface area contributed by atoms with Gasteiger partial charge in [-0.1, -0.05) is 47.5 Å². The zero-order valence-electron chi connectivity index (χ0n) is 20.8. The molecule has 1 unspecified atom stereocenters. The maximum Gasteiger partial charge on any atom is 0.335 e. The lowest BCUT2D eigenvalue weighted by Gasteiger charge is -2.28. The molecule has 0 aliphatic carbocycles. The van der Waals surface area contributed by atoms with E-state index in [1.165, 1.54) is 24.3 Å². The predicted octanol–water partition coefficient (Wildman–Crippen LogP) is 6.50. The number of β-amino-alcohol motifs (C(OH)–C–C–N with tert-alkyl or cyclic N) is 1. The first-order chi connectivity index (χ1) is 17.4. The van der Waals surface area contributed by atoms with Crippen molar-refractivity contribution in [1.29, 1.82) is 0 Å². The molecule has 0 aliphatic rings. The Labute approximate surface area is 225 Å². The molecule has 9 heteroatoms. The van der Waals surface area contributed by atoms with Crippen molar-refractivity contribution in [3.63, 3.8) is 0 Å². The van der Waals surface area contributed by atoms with Crippen LogP contribution < -0.4 is 10.1 Å². The molecule has 0 radical (unpaired) electrons. The predicted molar refractivity (Wildman–Crippen MR) is 142 cm³/mol. The topological polar surface area (TPSA) is 88.0 Å². The lowest BCUT2D eigenvalue weighted by molar-refractivity contribution is 0.0186. The molecule has 3 aromatic rings. The molecule has 37 heavy (non-hydrogen) atoms. The van der Waals surface area contributed by atoms with Crippen molar-refractivity contribution in [2.75, 3.05) is 13.2 Å². The standard InChI is InChI=1S/C28H30Cl2FNO5/c1-17-12-19(27(34)35)9-11-24(17)37-25-7-5-4-6-21(25)26(30)36-16-20(33)15-32-28(2,3)14-18-8-10-22(29)23(31)13-18/h4-13,20,26,32-33H,14-16H2,1-3H3,(H,34,35)/t20-,26?/m1/s1. The van der Waals surface area contributed by atoms with Crippen LogP contribution in [0.2, 0.25) is 5.02 Å². The molecular formula is C28H30Cl2FNO5. The summed E-state index contributed by atoms with van der Waals surface area (Å²) in [5, 5.41) is 23.0. The summed E-state index contributed by atoms with van der Waals surface area (Å²) in [4.78, 5) is 11.2. The van der Waals surface area contributed by atoms with Crippen LogP contribution in [0.5, 0.6) is 11.5 Å². The van der Waals surface area contributed by atoms with Crippen LogP contribution in [0.4, 0.5) is 4.39 Å². The largest absolute Gasteiger partial charge is 0.478 e. The first-order valence-corrected chi connectivity index (χ1v) is 12.5. The maximum atomic E-state index is 13.7. The van der Waals surface area contributed by atoms with Gasteiger partial charge in [-0.05, 0) is 74.7 Å². The van der Waals surface area contributed by atoms with Crippen LogP contribution in [0.25, 0.3) is 0 Å². The second kappa shape index (κ2) is 12.7. The van der Waals surface area contributed by atoms with Crippen molar-refractivity contribution in [2.24, 2.45) is 0 Å². The van der Waals surface area contributed by atoms with E-state index in [2.05, 4.69) is 5.32 Å². The molecule has 0 spiro atoms. The van der Waals surface area contributed by atoms with Crippen molar-refractivity contribution in [2.45, 2.75) is 44.4 Å². The summed E-state index contributed by atoms with van der Waals surface area (Å²) in [5.41, 5.74) is 0.867. The lowest BCUT2D eigenvalue weighted by Crippen LogP contribution is -2.46. The molecule has 0 heterocycles. The average Bonchev–Trinajstić information content (AvgIpc) is 2.85. The van der Waals surface area contributed by atoms with Crippen LogP contribution in [0.3, 0.4) is 0 Å². The Hall–Kier alpha value is -2.68.